The molecule has 0 radical (unpaired) electrons. The Kier molecular flexibility index (Phi) is 7.61. The van der Waals surface area contributed by atoms with E-state index in [1.807, 2.05) is 4.90 Å². The minimum absolute atomic E-state index is 0.0364. The number of aromatic nitrogens is 1. The van der Waals surface area contributed by atoms with E-state index in [4.69, 9.17) is 0 Å². The molecule has 0 unspecified atom stereocenters. The lowest BCUT2D eigenvalue weighted by Crippen LogP contribution is -2.49. The molecule has 2 aromatic carbocycles. The number of carbonyl (C=O) groups is 2. The lowest BCUT2D eigenvalue weighted by atomic mass is 10.0. The van der Waals surface area contributed by atoms with Crippen LogP contribution in [0.15, 0.2) is 67.0 Å². The molecule has 0 aliphatic carbocycles. The smallest absolute Gasteiger partial charge is 0.367 e. The second-order valence-electron chi connectivity index (χ2n) is 8.67. The maximum absolute atomic E-state index is 13.1. The van der Waals surface area contributed by atoms with E-state index in [1.165, 1.54) is 11.1 Å². The van der Waals surface area contributed by atoms with Gasteiger partial charge in [0.05, 0.1) is 35.0 Å². The highest BCUT2D eigenvalue weighted by Gasteiger charge is 2.37. The standard InChI is InChI=1S/C26H22F6N4O2/c27-25(28,29)18-12-17(13-19(15-18)26(30,31)32)14-23(37)36-10-8-35(9-11-36)22-6-2-1-5-21(22)24(38)34-20-4-3-7-33-16-20/h1-7,12-13,15-16H,8-11,14H2,(H,34,38). The first-order chi connectivity index (χ1) is 17.9. The van der Waals surface area contributed by atoms with Gasteiger partial charge in [-0.2, -0.15) is 26.3 Å². The fourth-order valence-corrected chi connectivity index (χ4v) is 4.18. The summed E-state index contributed by atoms with van der Waals surface area (Å²) in [5.41, 5.74) is -1.72. The van der Waals surface area contributed by atoms with Crippen LogP contribution in [-0.4, -0.2) is 47.9 Å². The average molecular weight is 536 g/mol. The third-order valence-electron chi connectivity index (χ3n) is 6.04. The largest absolute Gasteiger partial charge is 0.416 e. The van der Waals surface area contributed by atoms with Crippen LogP contribution in [0.3, 0.4) is 0 Å². The van der Waals surface area contributed by atoms with Gasteiger partial charge in [0, 0.05) is 38.1 Å². The van der Waals surface area contributed by atoms with Crippen LogP contribution in [-0.2, 0) is 23.6 Å². The van der Waals surface area contributed by atoms with Gasteiger partial charge < -0.3 is 15.1 Å². The van der Waals surface area contributed by atoms with Crippen LogP contribution in [0.2, 0.25) is 0 Å². The highest BCUT2D eigenvalue weighted by molar-refractivity contribution is 6.08. The Labute approximate surface area is 213 Å². The molecular weight excluding hydrogens is 514 g/mol. The second kappa shape index (κ2) is 10.7. The predicted octanol–water partition coefficient (Wildman–Crippen LogP) is 5.26. The molecule has 0 saturated carbocycles. The molecule has 4 rings (SSSR count). The first-order valence-corrected chi connectivity index (χ1v) is 11.5. The maximum Gasteiger partial charge on any atom is 0.416 e. The predicted molar refractivity (Wildman–Crippen MR) is 128 cm³/mol. The summed E-state index contributed by atoms with van der Waals surface area (Å²) in [6.45, 7) is 1.00. The molecule has 1 fully saturated rings. The van der Waals surface area contributed by atoms with E-state index >= 15 is 0 Å². The number of alkyl halides is 6. The highest BCUT2D eigenvalue weighted by Crippen LogP contribution is 2.36. The number of pyridine rings is 1. The minimum atomic E-state index is -4.98. The molecule has 1 aliphatic heterocycles. The van der Waals surface area contributed by atoms with Crippen LogP contribution in [0.4, 0.5) is 37.7 Å². The first kappa shape index (κ1) is 27.0. The zero-order valence-electron chi connectivity index (χ0n) is 19.8. The molecule has 0 spiro atoms. The average Bonchev–Trinajstić information content (AvgIpc) is 2.88. The first-order valence-electron chi connectivity index (χ1n) is 11.5. The Morgan fingerprint density at radius 1 is 0.842 bits per heavy atom. The molecule has 0 atom stereocenters. The number of hydrogen-bond donors (Lipinski definition) is 1. The van der Waals surface area contributed by atoms with Crippen molar-refractivity contribution in [3.8, 4) is 0 Å². The Hall–Kier alpha value is -4.09. The fourth-order valence-electron chi connectivity index (χ4n) is 4.18. The lowest BCUT2D eigenvalue weighted by Gasteiger charge is -2.37. The van der Waals surface area contributed by atoms with Crippen LogP contribution in [0.5, 0.6) is 0 Å². The zero-order valence-corrected chi connectivity index (χ0v) is 19.8. The van der Waals surface area contributed by atoms with Crippen molar-refractivity contribution in [1.82, 2.24) is 9.88 Å². The molecule has 2 heterocycles. The van der Waals surface area contributed by atoms with Gasteiger partial charge in [0.15, 0.2) is 0 Å². The molecule has 12 heteroatoms. The van der Waals surface area contributed by atoms with Crippen molar-refractivity contribution in [2.45, 2.75) is 18.8 Å². The van der Waals surface area contributed by atoms with Crippen LogP contribution < -0.4 is 10.2 Å². The summed E-state index contributed by atoms with van der Waals surface area (Å²) >= 11 is 0. The Morgan fingerprint density at radius 3 is 2.05 bits per heavy atom. The molecular formula is C26H22F6N4O2. The molecule has 1 aromatic heterocycles. The van der Waals surface area contributed by atoms with Crippen molar-refractivity contribution in [3.63, 3.8) is 0 Å². The van der Waals surface area contributed by atoms with Crippen LogP contribution in [0.1, 0.15) is 27.0 Å². The number of anilines is 2. The number of halogens is 6. The van der Waals surface area contributed by atoms with Crippen LogP contribution in [0, 0.1) is 0 Å². The van der Waals surface area contributed by atoms with E-state index in [-0.39, 0.29) is 30.6 Å². The monoisotopic (exact) mass is 536 g/mol. The maximum atomic E-state index is 13.1. The second-order valence-corrected chi connectivity index (χ2v) is 8.67. The van der Waals surface area contributed by atoms with Gasteiger partial charge in [-0.05, 0) is 48.0 Å². The minimum Gasteiger partial charge on any atom is -0.367 e. The van der Waals surface area contributed by atoms with Crippen molar-refractivity contribution >= 4 is 23.2 Å². The summed E-state index contributed by atoms with van der Waals surface area (Å²) in [7, 11) is 0. The van der Waals surface area contributed by atoms with Gasteiger partial charge >= 0.3 is 12.4 Å². The Balaban J connectivity index is 1.44. The lowest BCUT2D eigenvalue weighted by molar-refractivity contribution is -0.143. The molecule has 6 nitrogen and oxygen atoms in total. The molecule has 0 bridgehead atoms. The number of para-hydroxylation sites is 1. The van der Waals surface area contributed by atoms with Gasteiger partial charge in [0.25, 0.3) is 5.91 Å². The number of nitrogens with zero attached hydrogens (tertiary/aromatic N) is 3. The van der Waals surface area contributed by atoms with Gasteiger partial charge in [0.2, 0.25) is 5.91 Å². The summed E-state index contributed by atoms with van der Waals surface area (Å²) in [6, 6.07) is 11.4. The van der Waals surface area contributed by atoms with E-state index in [0.717, 1.165) is 0 Å². The van der Waals surface area contributed by atoms with Crippen molar-refractivity contribution in [3.05, 3.63) is 89.2 Å². The van der Waals surface area contributed by atoms with Crippen LogP contribution >= 0.6 is 0 Å². The topological polar surface area (TPSA) is 65.5 Å². The van der Waals surface area contributed by atoms with Crippen molar-refractivity contribution in [1.29, 1.82) is 0 Å². The van der Waals surface area contributed by atoms with Crippen molar-refractivity contribution in [2.24, 2.45) is 0 Å². The Morgan fingerprint density at radius 2 is 1.47 bits per heavy atom. The summed E-state index contributed by atoms with van der Waals surface area (Å²) in [6.07, 6.45) is -7.49. The van der Waals surface area contributed by atoms with Gasteiger partial charge in [-0.1, -0.05) is 12.1 Å². The summed E-state index contributed by atoms with van der Waals surface area (Å²) in [5, 5.41) is 2.77. The number of benzene rings is 2. The molecule has 1 aliphatic rings. The number of carbonyl (C=O) groups excluding carboxylic acids is 2. The van der Waals surface area contributed by atoms with E-state index in [0.29, 0.717) is 42.2 Å². The molecule has 38 heavy (non-hydrogen) atoms. The van der Waals surface area contributed by atoms with E-state index in [1.54, 1.807) is 42.6 Å². The van der Waals surface area contributed by atoms with Gasteiger partial charge in [-0.15, -0.1) is 0 Å². The summed E-state index contributed by atoms with van der Waals surface area (Å²) < 4.78 is 78.9. The van der Waals surface area contributed by atoms with Gasteiger partial charge in [-0.3, -0.25) is 14.6 Å². The van der Waals surface area contributed by atoms with Crippen LogP contribution in [0.25, 0.3) is 0 Å². The normalized spacial score (nSPS) is 14.4. The van der Waals surface area contributed by atoms with Crippen molar-refractivity contribution < 1.29 is 35.9 Å². The third-order valence-corrected chi connectivity index (χ3v) is 6.04. The highest BCUT2D eigenvalue weighted by atomic mass is 19.4. The summed E-state index contributed by atoms with van der Waals surface area (Å²) in [5.74, 6) is -0.933. The summed E-state index contributed by atoms with van der Waals surface area (Å²) in [4.78, 5) is 32.9. The molecule has 2 amide bonds. The number of nitrogens with one attached hydrogen (secondary N) is 1. The van der Waals surface area contributed by atoms with E-state index in [2.05, 4.69) is 10.3 Å². The van der Waals surface area contributed by atoms with Crippen molar-refractivity contribution in [2.75, 3.05) is 36.4 Å². The molecule has 1 saturated heterocycles. The Bertz CT molecular complexity index is 1270. The van der Waals surface area contributed by atoms with E-state index < -0.39 is 35.8 Å². The molecule has 1 N–H and O–H groups in total. The molecule has 200 valence electrons. The van der Waals surface area contributed by atoms with E-state index in [9.17, 15) is 35.9 Å². The SMILES string of the molecule is O=C(Nc1cccnc1)c1ccccc1N1CCN(C(=O)Cc2cc(C(F)(F)F)cc(C(F)(F)F)c2)CC1. The number of rotatable bonds is 5. The fraction of sp³-hybridized carbons (Fsp3) is 0.269. The van der Waals surface area contributed by atoms with Gasteiger partial charge in [-0.25, -0.2) is 0 Å². The molecule has 3 aromatic rings. The quantitative estimate of drug-likeness (QED) is 0.452. The zero-order chi connectivity index (χ0) is 27.5. The van der Waals surface area contributed by atoms with Gasteiger partial charge in [0.1, 0.15) is 0 Å². The third kappa shape index (κ3) is 6.42. The number of piperazine rings is 1. The number of hydrogen-bond acceptors (Lipinski definition) is 4. The number of amides is 2.